The Morgan fingerprint density at radius 3 is 3.24 bits per heavy atom. The quantitative estimate of drug-likeness (QED) is 0.814. The van der Waals surface area contributed by atoms with Crippen molar-refractivity contribution in [3.63, 3.8) is 0 Å². The largest absolute Gasteiger partial charge is 0.376 e. The molecule has 5 nitrogen and oxygen atoms in total. The van der Waals surface area contributed by atoms with Crippen LogP contribution in [0.15, 0.2) is 0 Å². The molecule has 1 saturated heterocycles. The van der Waals surface area contributed by atoms with Crippen molar-refractivity contribution < 1.29 is 9.53 Å². The van der Waals surface area contributed by atoms with Gasteiger partial charge in [-0.25, -0.2) is 0 Å². The Labute approximate surface area is 99.9 Å². The molecule has 0 spiro atoms. The van der Waals surface area contributed by atoms with Crippen molar-refractivity contribution in [1.29, 1.82) is 0 Å². The van der Waals surface area contributed by atoms with E-state index in [2.05, 4.69) is 15.5 Å². The lowest BCUT2D eigenvalue weighted by Crippen LogP contribution is -2.32. The topological polar surface area (TPSA) is 67.0 Å². The molecule has 1 aromatic rings. The molecule has 17 heavy (non-hydrogen) atoms. The fraction of sp³-hybridized carbons (Fsp3) is 0.667. The predicted octanol–water partition coefficient (Wildman–Crippen LogP) is 0.807. The second kappa shape index (κ2) is 4.49. The van der Waals surface area contributed by atoms with Gasteiger partial charge in [0.1, 0.15) is 0 Å². The molecule has 1 fully saturated rings. The zero-order chi connectivity index (χ0) is 11.7. The van der Waals surface area contributed by atoms with Gasteiger partial charge < -0.3 is 10.1 Å². The molecule has 2 heterocycles. The minimum Gasteiger partial charge on any atom is -0.376 e. The average Bonchev–Trinajstić information content (AvgIpc) is 3.02. The summed E-state index contributed by atoms with van der Waals surface area (Å²) in [5.74, 6) is -0.0695. The molecule has 0 bridgehead atoms. The number of ether oxygens (including phenoxy) is 1. The number of rotatable bonds is 3. The van der Waals surface area contributed by atoms with Crippen molar-refractivity contribution >= 4 is 5.91 Å². The van der Waals surface area contributed by atoms with Crippen molar-refractivity contribution in [1.82, 2.24) is 15.5 Å². The first kappa shape index (κ1) is 10.8. The smallest absolute Gasteiger partial charge is 0.272 e. The molecule has 1 aliphatic carbocycles. The van der Waals surface area contributed by atoms with Gasteiger partial charge in [0.15, 0.2) is 5.69 Å². The SMILES string of the molecule is O=C(NCC1CCCO1)c1n[nH]c2c1CCC2. The average molecular weight is 235 g/mol. The van der Waals surface area contributed by atoms with Crippen molar-refractivity contribution in [3.05, 3.63) is 17.0 Å². The molecule has 5 heteroatoms. The number of aromatic amines is 1. The Balaban J connectivity index is 1.61. The van der Waals surface area contributed by atoms with Crippen LogP contribution >= 0.6 is 0 Å². The number of amides is 1. The van der Waals surface area contributed by atoms with E-state index in [0.717, 1.165) is 50.0 Å². The minimum atomic E-state index is -0.0695. The summed E-state index contributed by atoms with van der Waals surface area (Å²) in [4.78, 5) is 12.0. The van der Waals surface area contributed by atoms with Gasteiger partial charge in [-0.05, 0) is 32.1 Å². The molecule has 1 unspecified atom stereocenters. The molecule has 2 aliphatic rings. The van der Waals surface area contributed by atoms with Crippen LogP contribution in [0.25, 0.3) is 0 Å². The standard InChI is InChI=1S/C12H17N3O2/c16-12(13-7-8-3-2-6-17-8)11-9-4-1-5-10(9)14-15-11/h8H,1-7H2,(H,13,16)(H,14,15). The second-order valence-electron chi connectivity index (χ2n) is 4.73. The van der Waals surface area contributed by atoms with Gasteiger partial charge in [-0.1, -0.05) is 0 Å². The van der Waals surface area contributed by atoms with E-state index in [9.17, 15) is 4.79 Å². The van der Waals surface area contributed by atoms with Crippen LogP contribution in [0.5, 0.6) is 0 Å². The number of carbonyl (C=O) groups excluding carboxylic acids is 1. The summed E-state index contributed by atoms with van der Waals surface area (Å²) in [5, 5.41) is 9.97. The van der Waals surface area contributed by atoms with Crippen LogP contribution in [-0.4, -0.2) is 35.4 Å². The fourth-order valence-electron chi connectivity index (χ4n) is 2.60. The van der Waals surface area contributed by atoms with Crippen LogP contribution < -0.4 is 5.32 Å². The van der Waals surface area contributed by atoms with Gasteiger partial charge in [0.05, 0.1) is 6.10 Å². The molecule has 1 amide bonds. The molecule has 3 rings (SSSR count). The summed E-state index contributed by atoms with van der Waals surface area (Å²) in [7, 11) is 0. The molecule has 2 N–H and O–H groups in total. The van der Waals surface area contributed by atoms with Crippen LogP contribution in [0.2, 0.25) is 0 Å². The van der Waals surface area contributed by atoms with Crippen LogP contribution in [0.4, 0.5) is 0 Å². The highest BCUT2D eigenvalue weighted by molar-refractivity contribution is 5.94. The maximum Gasteiger partial charge on any atom is 0.272 e. The number of aromatic nitrogens is 2. The van der Waals surface area contributed by atoms with Gasteiger partial charge in [-0.15, -0.1) is 0 Å². The van der Waals surface area contributed by atoms with Crippen molar-refractivity contribution in [2.24, 2.45) is 0 Å². The van der Waals surface area contributed by atoms with Crippen molar-refractivity contribution in [2.75, 3.05) is 13.2 Å². The normalized spacial score (nSPS) is 22.7. The van der Waals surface area contributed by atoms with Gasteiger partial charge in [0.2, 0.25) is 0 Å². The number of H-pyrrole nitrogens is 1. The predicted molar refractivity (Wildman–Crippen MR) is 61.9 cm³/mol. The van der Waals surface area contributed by atoms with E-state index in [1.165, 1.54) is 0 Å². The van der Waals surface area contributed by atoms with Crippen molar-refractivity contribution in [3.8, 4) is 0 Å². The number of hydrogen-bond acceptors (Lipinski definition) is 3. The Morgan fingerprint density at radius 2 is 2.41 bits per heavy atom. The van der Waals surface area contributed by atoms with Crippen molar-refractivity contribution in [2.45, 2.75) is 38.2 Å². The zero-order valence-electron chi connectivity index (χ0n) is 9.79. The van der Waals surface area contributed by atoms with Gasteiger partial charge in [-0.3, -0.25) is 9.89 Å². The molecule has 92 valence electrons. The first-order chi connectivity index (χ1) is 8.34. The van der Waals surface area contributed by atoms with Gasteiger partial charge >= 0.3 is 0 Å². The number of hydrogen-bond donors (Lipinski definition) is 2. The highest BCUT2D eigenvalue weighted by Gasteiger charge is 2.24. The first-order valence-electron chi connectivity index (χ1n) is 6.30. The molecule has 0 saturated carbocycles. The highest BCUT2D eigenvalue weighted by Crippen LogP contribution is 2.22. The minimum absolute atomic E-state index is 0.0695. The maximum absolute atomic E-state index is 12.0. The lowest BCUT2D eigenvalue weighted by molar-refractivity contribution is 0.0853. The number of aryl methyl sites for hydroxylation is 1. The number of fused-ring (bicyclic) bond motifs is 1. The van der Waals surface area contributed by atoms with E-state index in [1.54, 1.807) is 0 Å². The summed E-state index contributed by atoms with van der Waals surface area (Å²) in [6, 6.07) is 0. The summed E-state index contributed by atoms with van der Waals surface area (Å²) >= 11 is 0. The van der Waals surface area contributed by atoms with Gasteiger partial charge in [0, 0.05) is 24.4 Å². The van der Waals surface area contributed by atoms with Crippen LogP contribution in [0.1, 0.15) is 41.0 Å². The van der Waals surface area contributed by atoms with Crippen LogP contribution in [0.3, 0.4) is 0 Å². The summed E-state index contributed by atoms with van der Waals surface area (Å²) in [6.07, 6.45) is 5.43. The monoisotopic (exact) mass is 235 g/mol. The Bertz CT molecular complexity index is 421. The third kappa shape index (κ3) is 2.07. The van der Waals surface area contributed by atoms with E-state index < -0.39 is 0 Å². The van der Waals surface area contributed by atoms with Gasteiger partial charge in [-0.2, -0.15) is 5.10 Å². The van der Waals surface area contributed by atoms with E-state index in [1.807, 2.05) is 0 Å². The van der Waals surface area contributed by atoms with E-state index in [-0.39, 0.29) is 12.0 Å². The molecule has 0 aromatic carbocycles. The first-order valence-corrected chi connectivity index (χ1v) is 6.30. The Kier molecular flexibility index (Phi) is 2.84. The fourth-order valence-corrected chi connectivity index (χ4v) is 2.60. The summed E-state index contributed by atoms with van der Waals surface area (Å²) in [5.41, 5.74) is 2.82. The van der Waals surface area contributed by atoms with E-state index in [0.29, 0.717) is 12.2 Å². The Hall–Kier alpha value is -1.36. The molecule has 1 aliphatic heterocycles. The number of nitrogens with one attached hydrogen (secondary N) is 2. The molecular weight excluding hydrogens is 218 g/mol. The lowest BCUT2D eigenvalue weighted by atomic mass is 10.2. The Morgan fingerprint density at radius 1 is 1.47 bits per heavy atom. The van der Waals surface area contributed by atoms with E-state index in [4.69, 9.17) is 4.74 Å². The van der Waals surface area contributed by atoms with Gasteiger partial charge in [0.25, 0.3) is 5.91 Å². The summed E-state index contributed by atoms with van der Waals surface area (Å²) < 4.78 is 5.47. The number of carbonyl (C=O) groups is 1. The second-order valence-corrected chi connectivity index (χ2v) is 4.73. The number of nitrogens with zero attached hydrogens (tertiary/aromatic N) is 1. The van der Waals surface area contributed by atoms with E-state index >= 15 is 0 Å². The lowest BCUT2D eigenvalue weighted by Gasteiger charge is -2.10. The molecule has 1 aromatic heterocycles. The third-order valence-electron chi connectivity index (χ3n) is 3.54. The third-order valence-corrected chi connectivity index (χ3v) is 3.54. The summed E-state index contributed by atoms with van der Waals surface area (Å²) in [6.45, 7) is 1.42. The molecular formula is C12H17N3O2. The van der Waals surface area contributed by atoms with Crippen LogP contribution in [-0.2, 0) is 17.6 Å². The van der Waals surface area contributed by atoms with Crippen LogP contribution in [0, 0.1) is 0 Å². The maximum atomic E-state index is 12.0. The highest BCUT2D eigenvalue weighted by atomic mass is 16.5. The molecule has 1 atom stereocenters. The molecule has 0 radical (unpaired) electrons. The zero-order valence-corrected chi connectivity index (χ0v) is 9.79.